The van der Waals surface area contributed by atoms with Gasteiger partial charge < -0.3 is 0 Å². The Morgan fingerprint density at radius 3 is 2.04 bits per heavy atom. The number of carbonyl (C=O) groups is 2. The molecule has 0 aliphatic carbocycles. The summed E-state index contributed by atoms with van der Waals surface area (Å²) in [5, 5.41) is -0.153. The minimum Gasteiger partial charge on any atom is -0.268 e. The van der Waals surface area contributed by atoms with Crippen molar-refractivity contribution in [3.05, 3.63) is 70.5 Å². The molecule has 0 aromatic heterocycles. The van der Waals surface area contributed by atoms with E-state index in [9.17, 15) is 14.0 Å². The van der Waals surface area contributed by atoms with Crippen LogP contribution in [0, 0.1) is 5.82 Å². The lowest BCUT2D eigenvalue weighted by Crippen LogP contribution is -2.31. The zero-order chi connectivity index (χ0) is 17.4. The molecule has 1 aliphatic heterocycles. The zero-order valence-corrected chi connectivity index (χ0v) is 14.0. The first kappa shape index (κ1) is 16.4. The van der Waals surface area contributed by atoms with Crippen LogP contribution in [0.15, 0.2) is 53.6 Å². The maximum Gasteiger partial charge on any atom is 0.277 e. The highest BCUT2D eigenvalue weighted by Crippen LogP contribution is 2.35. The minimum atomic E-state index is -0.571. The standard InChI is InChI=1S/C19H15ClFNO2/c1-11(2)12-5-9-15(10-6-12)22-18(23)16(17(20)19(22)24)13-3-7-14(21)8-4-13/h3-11H,1-2H3. The molecule has 0 radical (unpaired) electrons. The number of carbonyl (C=O) groups excluding carboxylic acids is 2. The van der Waals surface area contributed by atoms with Crippen LogP contribution in [-0.2, 0) is 9.59 Å². The largest absolute Gasteiger partial charge is 0.277 e. The number of amides is 2. The SMILES string of the molecule is CC(C)c1ccc(N2C(=O)C(Cl)=C(c3ccc(F)cc3)C2=O)cc1. The maximum absolute atomic E-state index is 13.1. The second-order valence-corrected chi connectivity index (χ2v) is 6.27. The Kier molecular flexibility index (Phi) is 4.24. The predicted octanol–water partition coefficient (Wildman–Crippen LogP) is 4.47. The van der Waals surface area contributed by atoms with Gasteiger partial charge in [-0.2, -0.15) is 0 Å². The van der Waals surface area contributed by atoms with Crippen molar-refractivity contribution in [1.29, 1.82) is 0 Å². The summed E-state index contributed by atoms with van der Waals surface area (Å²) in [7, 11) is 0. The quantitative estimate of drug-likeness (QED) is 0.771. The Balaban J connectivity index is 1.97. The maximum atomic E-state index is 13.1. The van der Waals surface area contributed by atoms with Crippen LogP contribution in [-0.4, -0.2) is 11.8 Å². The van der Waals surface area contributed by atoms with E-state index in [1.165, 1.54) is 24.3 Å². The van der Waals surface area contributed by atoms with Gasteiger partial charge in [-0.3, -0.25) is 9.59 Å². The number of rotatable bonds is 3. The summed E-state index contributed by atoms with van der Waals surface area (Å²) in [6, 6.07) is 12.5. The van der Waals surface area contributed by atoms with Gasteiger partial charge in [-0.25, -0.2) is 9.29 Å². The third-order valence-electron chi connectivity index (χ3n) is 3.98. The van der Waals surface area contributed by atoms with Crippen LogP contribution in [0.4, 0.5) is 10.1 Å². The lowest BCUT2D eigenvalue weighted by Gasteiger charge is -2.16. The van der Waals surface area contributed by atoms with E-state index in [0.717, 1.165) is 10.5 Å². The van der Waals surface area contributed by atoms with Gasteiger partial charge >= 0.3 is 0 Å². The molecule has 0 N–H and O–H groups in total. The monoisotopic (exact) mass is 343 g/mol. The fraction of sp³-hybridized carbons (Fsp3) is 0.158. The van der Waals surface area contributed by atoms with Crippen molar-refractivity contribution < 1.29 is 14.0 Å². The number of imide groups is 1. The Hall–Kier alpha value is -2.46. The van der Waals surface area contributed by atoms with E-state index in [0.29, 0.717) is 17.2 Å². The molecule has 0 fully saturated rings. The normalized spacial score (nSPS) is 15.0. The van der Waals surface area contributed by atoms with Crippen molar-refractivity contribution in [3.63, 3.8) is 0 Å². The molecule has 0 saturated heterocycles. The molecule has 2 aromatic carbocycles. The molecule has 0 saturated carbocycles. The van der Waals surface area contributed by atoms with E-state index in [1.807, 2.05) is 12.1 Å². The highest BCUT2D eigenvalue weighted by atomic mass is 35.5. The predicted molar refractivity (Wildman–Crippen MR) is 92.2 cm³/mol. The van der Waals surface area contributed by atoms with Crippen molar-refractivity contribution in [1.82, 2.24) is 0 Å². The molecule has 24 heavy (non-hydrogen) atoms. The van der Waals surface area contributed by atoms with Crippen molar-refractivity contribution in [3.8, 4) is 0 Å². The molecule has 3 nitrogen and oxygen atoms in total. The van der Waals surface area contributed by atoms with Gasteiger partial charge in [0.25, 0.3) is 11.8 Å². The van der Waals surface area contributed by atoms with Crippen LogP contribution >= 0.6 is 11.6 Å². The number of hydrogen-bond donors (Lipinski definition) is 0. The third-order valence-corrected chi connectivity index (χ3v) is 4.33. The Labute approximate surface area is 144 Å². The zero-order valence-electron chi connectivity index (χ0n) is 13.2. The van der Waals surface area contributed by atoms with E-state index in [2.05, 4.69) is 13.8 Å². The first-order chi connectivity index (χ1) is 11.4. The Bertz CT molecular complexity index is 839. The molecule has 2 amide bonds. The molecule has 1 aliphatic rings. The average molecular weight is 344 g/mol. The summed E-state index contributed by atoms with van der Waals surface area (Å²) >= 11 is 6.10. The lowest BCUT2D eigenvalue weighted by atomic mass is 10.0. The van der Waals surface area contributed by atoms with E-state index in [1.54, 1.807) is 12.1 Å². The first-order valence-corrected chi connectivity index (χ1v) is 7.92. The van der Waals surface area contributed by atoms with Crippen molar-refractivity contribution in [2.75, 3.05) is 4.90 Å². The summed E-state index contributed by atoms with van der Waals surface area (Å²) in [5.74, 6) is -1.15. The molecule has 0 bridgehead atoms. The molecule has 1 heterocycles. The van der Waals surface area contributed by atoms with Gasteiger partial charge in [0.15, 0.2) is 0 Å². The lowest BCUT2D eigenvalue weighted by molar-refractivity contribution is -0.119. The van der Waals surface area contributed by atoms with Crippen LogP contribution in [0.5, 0.6) is 0 Å². The molecule has 0 atom stereocenters. The number of nitrogens with zero attached hydrogens (tertiary/aromatic N) is 1. The summed E-state index contributed by atoms with van der Waals surface area (Å²) in [4.78, 5) is 26.2. The van der Waals surface area contributed by atoms with Crippen LogP contribution in [0.3, 0.4) is 0 Å². The van der Waals surface area contributed by atoms with Gasteiger partial charge in [0.2, 0.25) is 0 Å². The van der Waals surface area contributed by atoms with Crippen LogP contribution in [0.2, 0.25) is 0 Å². The summed E-state index contributed by atoms with van der Waals surface area (Å²) in [6.07, 6.45) is 0. The fourth-order valence-electron chi connectivity index (χ4n) is 2.61. The number of hydrogen-bond acceptors (Lipinski definition) is 2. The van der Waals surface area contributed by atoms with E-state index in [4.69, 9.17) is 11.6 Å². The van der Waals surface area contributed by atoms with Gasteiger partial charge in [-0.15, -0.1) is 0 Å². The van der Waals surface area contributed by atoms with E-state index >= 15 is 0 Å². The Morgan fingerprint density at radius 2 is 1.50 bits per heavy atom. The summed E-state index contributed by atoms with van der Waals surface area (Å²) in [6.45, 7) is 4.12. The smallest absolute Gasteiger partial charge is 0.268 e. The van der Waals surface area contributed by atoms with E-state index in [-0.39, 0.29) is 10.6 Å². The summed E-state index contributed by atoms with van der Waals surface area (Å²) < 4.78 is 13.1. The van der Waals surface area contributed by atoms with Crippen LogP contribution < -0.4 is 4.90 Å². The molecule has 2 aromatic rings. The van der Waals surface area contributed by atoms with Gasteiger partial charge in [0.05, 0.1) is 11.3 Å². The molecule has 122 valence electrons. The molecule has 0 spiro atoms. The second kappa shape index (κ2) is 6.21. The highest BCUT2D eigenvalue weighted by Gasteiger charge is 2.39. The van der Waals surface area contributed by atoms with Gasteiger partial charge in [0.1, 0.15) is 10.8 Å². The summed E-state index contributed by atoms with van der Waals surface area (Å²) in [5.41, 5.74) is 2.08. The molecular formula is C19H15ClFNO2. The van der Waals surface area contributed by atoms with Crippen molar-refractivity contribution in [2.45, 2.75) is 19.8 Å². The molecular weight excluding hydrogens is 329 g/mol. The fourth-order valence-corrected chi connectivity index (χ4v) is 2.89. The van der Waals surface area contributed by atoms with Crippen molar-refractivity contribution in [2.24, 2.45) is 0 Å². The van der Waals surface area contributed by atoms with Crippen LogP contribution in [0.1, 0.15) is 30.9 Å². The average Bonchev–Trinajstić information content (AvgIpc) is 2.78. The third kappa shape index (κ3) is 2.74. The Morgan fingerprint density at radius 1 is 0.917 bits per heavy atom. The first-order valence-electron chi connectivity index (χ1n) is 7.54. The topological polar surface area (TPSA) is 37.4 Å². The minimum absolute atomic E-state index is 0.0922. The second-order valence-electron chi connectivity index (χ2n) is 5.89. The van der Waals surface area contributed by atoms with Gasteiger partial charge in [0, 0.05) is 0 Å². The van der Waals surface area contributed by atoms with Gasteiger partial charge in [-0.05, 0) is 41.3 Å². The van der Waals surface area contributed by atoms with Crippen molar-refractivity contribution >= 4 is 34.7 Å². The molecule has 0 unspecified atom stereocenters. The van der Waals surface area contributed by atoms with Crippen LogP contribution in [0.25, 0.3) is 5.57 Å². The number of anilines is 1. The van der Waals surface area contributed by atoms with E-state index < -0.39 is 17.6 Å². The number of halogens is 2. The van der Waals surface area contributed by atoms with Gasteiger partial charge in [-0.1, -0.05) is 49.7 Å². The molecule has 3 rings (SSSR count). The number of benzene rings is 2. The molecule has 5 heteroatoms. The highest BCUT2D eigenvalue weighted by molar-refractivity contribution is 6.60.